The molecular formula is C26H31BrN4O2. The van der Waals surface area contributed by atoms with Crippen LogP contribution < -0.4 is 5.32 Å². The molecule has 7 heteroatoms. The number of para-hydroxylation sites is 2. The minimum atomic E-state index is -0.0469. The first-order chi connectivity index (χ1) is 16.1. The van der Waals surface area contributed by atoms with Crippen molar-refractivity contribution in [3.05, 3.63) is 64.4 Å². The number of hydrogen-bond donors (Lipinski definition) is 1. The van der Waals surface area contributed by atoms with Gasteiger partial charge in [-0.1, -0.05) is 40.5 Å². The van der Waals surface area contributed by atoms with E-state index in [-0.39, 0.29) is 11.8 Å². The zero-order chi connectivity index (χ0) is 23.0. The number of aryl methyl sites for hydroxylation is 1. The molecule has 0 atom stereocenters. The van der Waals surface area contributed by atoms with Crippen LogP contribution in [0.15, 0.2) is 53.0 Å². The number of amides is 2. The van der Waals surface area contributed by atoms with E-state index >= 15 is 0 Å². The number of piperidine rings is 1. The Kier molecular flexibility index (Phi) is 8.15. The van der Waals surface area contributed by atoms with Crippen molar-refractivity contribution in [2.75, 3.05) is 19.6 Å². The van der Waals surface area contributed by atoms with Gasteiger partial charge in [-0.2, -0.15) is 0 Å². The Morgan fingerprint density at radius 2 is 1.79 bits per heavy atom. The van der Waals surface area contributed by atoms with Gasteiger partial charge in [0.05, 0.1) is 11.0 Å². The molecule has 33 heavy (non-hydrogen) atoms. The Morgan fingerprint density at radius 1 is 0.970 bits per heavy atom. The summed E-state index contributed by atoms with van der Waals surface area (Å²) < 4.78 is 3.00. The summed E-state index contributed by atoms with van der Waals surface area (Å²) >= 11 is 3.40. The first kappa shape index (κ1) is 23.5. The van der Waals surface area contributed by atoms with Crippen LogP contribution in [0.25, 0.3) is 11.0 Å². The summed E-state index contributed by atoms with van der Waals surface area (Å²) in [5.41, 5.74) is 2.64. The lowest BCUT2D eigenvalue weighted by atomic mass is 10.1. The molecule has 6 nitrogen and oxygen atoms in total. The molecule has 0 saturated carbocycles. The van der Waals surface area contributed by atoms with Crippen LogP contribution in [-0.4, -0.2) is 45.9 Å². The predicted molar refractivity (Wildman–Crippen MR) is 134 cm³/mol. The second-order valence-corrected chi connectivity index (χ2v) is 9.54. The Balaban J connectivity index is 1.29. The first-order valence-corrected chi connectivity index (χ1v) is 12.7. The molecule has 0 unspecified atom stereocenters. The van der Waals surface area contributed by atoms with E-state index in [0.717, 1.165) is 72.9 Å². The number of benzene rings is 2. The number of likely N-dealkylation sites (tertiary alicyclic amines) is 1. The van der Waals surface area contributed by atoms with Gasteiger partial charge < -0.3 is 14.8 Å². The van der Waals surface area contributed by atoms with Crippen LogP contribution in [0.1, 0.15) is 54.7 Å². The van der Waals surface area contributed by atoms with Crippen molar-refractivity contribution in [2.45, 2.75) is 51.5 Å². The molecule has 0 spiro atoms. The third-order valence-corrected chi connectivity index (χ3v) is 6.68. The Hall–Kier alpha value is -2.67. The molecule has 1 fully saturated rings. The van der Waals surface area contributed by atoms with E-state index in [1.807, 2.05) is 53.4 Å². The quantitative estimate of drug-likeness (QED) is 0.414. The summed E-state index contributed by atoms with van der Waals surface area (Å²) in [5.74, 6) is 1.11. The zero-order valence-electron chi connectivity index (χ0n) is 18.9. The number of nitrogens with zero attached hydrogens (tertiary/aromatic N) is 3. The van der Waals surface area contributed by atoms with Crippen LogP contribution in [0.5, 0.6) is 0 Å². The van der Waals surface area contributed by atoms with Crippen LogP contribution in [-0.2, 0) is 17.8 Å². The van der Waals surface area contributed by atoms with Gasteiger partial charge in [-0.05, 0) is 62.4 Å². The topological polar surface area (TPSA) is 67.2 Å². The molecule has 3 aromatic rings. The van der Waals surface area contributed by atoms with Crippen molar-refractivity contribution in [2.24, 2.45) is 0 Å². The molecule has 1 saturated heterocycles. The lowest BCUT2D eigenvalue weighted by Gasteiger charge is -2.27. The highest BCUT2D eigenvalue weighted by atomic mass is 79.9. The van der Waals surface area contributed by atoms with E-state index in [0.29, 0.717) is 18.7 Å². The van der Waals surface area contributed by atoms with Gasteiger partial charge in [0.15, 0.2) is 0 Å². The summed E-state index contributed by atoms with van der Waals surface area (Å²) in [7, 11) is 0. The monoisotopic (exact) mass is 510 g/mol. The predicted octanol–water partition coefficient (Wildman–Crippen LogP) is 4.95. The van der Waals surface area contributed by atoms with E-state index in [2.05, 4.69) is 25.8 Å². The number of aromatic nitrogens is 2. The van der Waals surface area contributed by atoms with Crippen LogP contribution in [0, 0.1) is 0 Å². The number of imidazole rings is 1. The Labute approximate surface area is 203 Å². The van der Waals surface area contributed by atoms with Gasteiger partial charge in [-0.15, -0.1) is 0 Å². The SMILES string of the molecule is O=C(NCCCCCc1nc2ccccc2n1CC(=O)N1CCCCC1)c1cccc(Br)c1. The number of unbranched alkanes of at least 4 members (excludes halogenated alkanes) is 2. The molecule has 0 aliphatic carbocycles. The van der Waals surface area contributed by atoms with Crippen molar-refractivity contribution in [1.29, 1.82) is 0 Å². The largest absolute Gasteiger partial charge is 0.352 e. The standard InChI is InChI=1S/C26H31BrN4O2/c27-21-11-9-10-20(18-21)26(33)28-15-6-1-3-14-24-29-22-12-4-5-13-23(22)31(24)19-25(32)30-16-7-2-8-17-30/h4-5,9-13,18H,1-3,6-8,14-17,19H2,(H,28,33). The molecule has 0 radical (unpaired) electrons. The van der Waals surface area contributed by atoms with Gasteiger partial charge in [0.1, 0.15) is 12.4 Å². The Morgan fingerprint density at radius 3 is 2.61 bits per heavy atom. The van der Waals surface area contributed by atoms with Crippen molar-refractivity contribution < 1.29 is 9.59 Å². The van der Waals surface area contributed by atoms with Crippen molar-refractivity contribution in [3.8, 4) is 0 Å². The highest BCUT2D eigenvalue weighted by Gasteiger charge is 2.19. The van der Waals surface area contributed by atoms with Crippen molar-refractivity contribution >= 4 is 38.8 Å². The number of hydrogen-bond acceptors (Lipinski definition) is 3. The van der Waals surface area contributed by atoms with E-state index < -0.39 is 0 Å². The first-order valence-electron chi connectivity index (χ1n) is 11.9. The van der Waals surface area contributed by atoms with Crippen LogP contribution in [0.2, 0.25) is 0 Å². The van der Waals surface area contributed by atoms with Gasteiger partial charge in [0.2, 0.25) is 5.91 Å². The number of rotatable bonds is 9. The minimum absolute atomic E-state index is 0.0469. The van der Waals surface area contributed by atoms with Gasteiger partial charge in [0, 0.05) is 36.1 Å². The smallest absolute Gasteiger partial charge is 0.251 e. The average Bonchev–Trinajstić information content (AvgIpc) is 3.18. The second-order valence-electron chi connectivity index (χ2n) is 8.62. The fourth-order valence-electron chi connectivity index (χ4n) is 4.39. The maximum Gasteiger partial charge on any atom is 0.251 e. The average molecular weight is 511 g/mol. The summed E-state index contributed by atoms with van der Waals surface area (Å²) in [5, 5.41) is 2.99. The number of fused-ring (bicyclic) bond motifs is 1. The maximum absolute atomic E-state index is 12.9. The van der Waals surface area contributed by atoms with Crippen molar-refractivity contribution in [1.82, 2.24) is 19.8 Å². The Bertz CT molecular complexity index is 1100. The number of halogens is 1. The minimum Gasteiger partial charge on any atom is -0.352 e. The van der Waals surface area contributed by atoms with E-state index in [9.17, 15) is 9.59 Å². The van der Waals surface area contributed by atoms with Gasteiger partial charge >= 0.3 is 0 Å². The molecule has 1 aliphatic heterocycles. The summed E-state index contributed by atoms with van der Waals surface area (Å²) in [4.78, 5) is 32.0. The van der Waals surface area contributed by atoms with E-state index in [1.54, 1.807) is 0 Å². The number of carbonyl (C=O) groups excluding carboxylic acids is 2. The summed E-state index contributed by atoms with van der Waals surface area (Å²) in [6, 6.07) is 15.5. The molecule has 2 heterocycles. The maximum atomic E-state index is 12.9. The number of nitrogens with one attached hydrogen (secondary N) is 1. The van der Waals surface area contributed by atoms with Gasteiger partial charge in [0.25, 0.3) is 5.91 Å². The summed E-state index contributed by atoms with van der Waals surface area (Å²) in [6.07, 6.45) is 7.10. The van der Waals surface area contributed by atoms with Crippen LogP contribution in [0.3, 0.4) is 0 Å². The molecule has 0 bridgehead atoms. The third kappa shape index (κ3) is 6.22. The lowest BCUT2D eigenvalue weighted by Crippen LogP contribution is -2.38. The fraction of sp³-hybridized carbons (Fsp3) is 0.423. The van der Waals surface area contributed by atoms with E-state index in [1.165, 1.54) is 6.42 Å². The van der Waals surface area contributed by atoms with Crippen LogP contribution >= 0.6 is 15.9 Å². The fourth-order valence-corrected chi connectivity index (χ4v) is 4.79. The molecule has 174 valence electrons. The molecule has 2 aromatic carbocycles. The van der Waals surface area contributed by atoms with Crippen molar-refractivity contribution in [3.63, 3.8) is 0 Å². The third-order valence-electron chi connectivity index (χ3n) is 6.19. The van der Waals surface area contributed by atoms with Crippen LogP contribution in [0.4, 0.5) is 0 Å². The molecule has 2 amide bonds. The van der Waals surface area contributed by atoms with Gasteiger partial charge in [-0.25, -0.2) is 4.98 Å². The molecule has 4 rings (SSSR count). The molecular weight excluding hydrogens is 480 g/mol. The van der Waals surface area contributed by atoms with E-state index in [4.69, 9.17) is 4.98 Å². The highest BCUT2D eigenvalue weighted by molar-refractivity contribution is 9.10. The number of carbonyl (C=O) groups is 2. The highest BCUT2D eigenvalue weighted by Crippen LogP contribution is 2.19. The molecule has 1 aliphatic rings. The van der Waals surface area contributed by atoms with Gasteiger partial charge in [-0.3, -0.25) is 9.59 Å². The molecule has 1 aromatic heterocycles. The molecule has 1 N–H and O–H groups in total. The normalized spacial score (nSPS) is 13.9. The lowest BCUT2D eigenvalue weighted by molar-refractivity contribution is -0.132. The zero-order valence-corrected chi connectivity index (χ0v) is 20.5. The second kappa shape index (κ2) is 11.5. The summed E-state index contributed by atoms with van der Waals surface area (Å²) in [6.45, 7) is 2.74.